The number of nitro benzene ring substituents is 1. The number of carbonyl (C=O) groups is 2. The zero-order valence-electron chi connectivity index (χ0n) is 17.1. The first-order valence-corrected chi connectivity index (χ1v) is 10.5. The van der Waals surface area contributed by atoms with E-state index in [1.165, 1.54) is 19.4 Å². The van der Waals surface area contributed by atoms with Gasteiger partial charge in [0.25, 0.3) is 17.5 Å². The number of benzene rings is 1. The number of allylic oxidation sites excluding steroid dienone is 2. The minimum absolute atomic E-state index is 0.137. The third kappa shape index (κ3) is 2.60. The molecule has 2 amide bonds. The first-order chi connectivity index (χ1) is 15.5. The van der Waals surface area contributed by atoms with Gasteiger partial charge < -0.3 is 9.15 Å². The number of methoxy groups -OCH3 is 1. The van der Waals surface area contributed by atoms with Crippen molar-refractivity contribution in [2.24, 2.45) is 40.6 Å². The molecule has 1 aromatic heterocycles. The van der Waals surface area contributed by atoms with Gasteiger partial charge in [-0.1, -0.05) is 12.2 Å². The van der Waals surface area contributed by atoms with Crippen LogP contribution >= 0.6 is 0 Å². The number of nitro groups is 1. The highest BCUT2D eigenvalue weighted by molar-refractivity contribution is 6.06. The highest BCUT2D eigenvalue weighted by atomic mass is 16.6. The monoisotopic (exact) mass is 433 g/mol. The van der Waals surface area contributed by atoms with E-state index in [0.29, 0.717) is 17.6 Å². The predicted octanol–water partition coefficient (Wildman–Crippen LogP) is 3.25. The molecule has 0 radical (unpaired) electrons. The lowest BCUT2D eigenvalue weighted by molar-refractivity contribution is -0.384. The Kier molecular flexibility index (Phi) is 3.93. The highest BCUT2D eigenvalue weighted by Gasteiger charge is 2.67. The quantitative estimate of drug-likeness (QED) is 0.235. The number of ether oxygens (including phenoxy) is 1. The fourth-order valence-corrected chi connectivity index (χ4v) is 5.73. The van der Waals surface area contributed by atoms with Crippen LogP contribution in [0.5, 0.6) is 5.75 Å². The van der Waals surface area contributed by atoms with Crippen molar-refractivity contribution in [3.05, 3.63) is 58.4 Å². The van der Waals surface area contributed by atoms with Crippen molar-refractivity contribution in [1.29, 1.82) is 0 Å². The van der Waals surface area contributed by atoms with E-state index < -0.39 is 4.92 Å². The van der Waals surface area contributed by atoms with Gasteiger partial charge in [-0.15, -0.1) is 0 Å². The van der Waals surface area contributed by atoms with Crippen LogP contribution in [-0.2, 0) is 9.59 Å². The van der Waals surface area contributed by atoms with Gasteiger partial charge in [0.1, 0.15) is 17.3 Å². The molecule has 32 heavy (non-hydrogen) atoms. The lowest BCUT2D eigenvalue weighted by Crippen LogP contribution is -2.40. The zero-order chi connectivity index (χ0) is 22.1. The van der Waals surface area contributed by atoms with Crippen molar-refractivity contribution in [3.8, 4) is 17.1 Å². The number of hydrazone groups is 1. The molecule has 2 heterocycles. The molecule has 9 heteroatoms. The standard InChI is InChI=1S/C23H19N3O6/c1-31-11-2-4-15(18(8-11)26(29)30)19-7-3-12(32-19)10-24-25-22(27)20-13-5-6-14(17-9-16(13)17)21(20)23(25)28/h2-8,10,13-14,16-17,20-21H,9H2,1H3/b24-10-/t13-,14-,16-,17+,20-,21+/m0/s1. The Hall–Kier alpha value is -3.75. The number of furan rings is 1. The van der Waals surface area contributed by atoms with Crippen LogP contribution in [0.4, 0.5) is 5.69 Å². The molecule has 5 aliphatic rings. The first-order valence-electron chi connectivity index (χ1n) is 10.5. The van der Waals surface area contributed by atoms with E-state index in [-0.39, 0.29) is 58.3 Å². The topological polar surface area (TPSA) is 115 Å². The number of hydrogen-bond donors (Lipinski definition) is 0. The molecule has 3 fully saturated rings. The van der Waals surface area contributed by atoms with E-state index in [1.54, 1.807) is 24.3 Å². The fraction of sp³-hybridized carbons (Fsp3) is 0.348. The maximum atomic E-state index is 13.0. The Morgan fingerprint density at radius 1 is 1.12 bits per heavy atom. The van der Waals surface area contributed by atoms with Gasteiger partial charge in [0, 0.05) is 0 Å². The van der Waals surface area contributed by atoms with Gasteiger partial charge in [-0.25, -0.2) is 0 Å². The van der Waals surface area contributed by atoms with Crippen LogP contribution in [0.3, 0.4) is 0 Å². The second-order valence-electron chi connectivity index (χ2n) is 8.73. The first kappa shape index (κ1) is 19.0. The van der Waals surface area contributed by atoms with Crippen molar-refractivity contribution >= 4 is 23.7 Å². The van der Waals surface area contributed by atoms with E-state index in [1.807, 2.05) is 0 Å². The van der Waals surface area contributed by atoms with Gasteiger partial charge in [-0.3, -0.25) is 19.7 Å². The second-order valence-corrected chi connectivity index (χ2v) is 8.73. The number of imide groups is 1. The van der Waals surface area contributed by atoms with Crippen molar-refractivity contribution in [2.45, 2.75) is 6.42 Å². The molecule has 7 rings (SSSR count). The Balaban J connectivity index is 1.25. The average Bonchev–Trinajstić information content (AvgIpc) is 3.44. The summed E-state index contributed by atoms with van der Waals surface area (Å²) in [5, 5.41) is 16.6. The number of nitrogens with zero attached hydrogens (tertiary/aromatic N) is 3. The van der Waals surface area contributed by atoms with Crippen molar-refractivity contribution in [2.75, 3.05) is 7.11 Å². The summed E-state index contributed by atoms with van der Waals surface area (Å²) in [4.78, 5) is 36.9. The van der Waals surface area contributed by atoms with Crippen LogP contribution < -0.4 is 4.74 Å². The molecule has 0 unspecified atom stereocenters. The summed E-state index contributed by atoms with van der Waals surface area (Å²) in [6.07, 6.45) is 6.63. The molecule has 6 atom stereocenters. The number of hydrogen-bond acceptors (Lipinski definition) is 7. The summed E-state index contributed by atoms with van der Waals surface area (Å²) in [7, 11) is 1.43. The Bertz CT molecular complexity index is 1190. The smallest absolute Gasteiger partial charge is 0.284 e. The molecule has 2 saturated carbocycles. The van der Waals surface area contributed by atoms with E-state index >= 15 is 0 Å². The number of rotatable bonds is 5. The van der Waals surface area contributed by atoms with Crippen LogP contribution in [-0.4, -0.2) is 35.1 Å². The molecule has 1 aliphatic heterocycles. The summed E-state index contributed by atoms with van der Waals surface area (Å²) < 4.78 is 10.8. The Morgan fingerprint density at radius 3 is 2.44 bits per heavy atom. The van der Waals surface area contributed by atoms with Crippen LogP contribution in [0, 0.1) is 45.6 Å². The van der Waals surface area contributed by atoms with Gasteiger partial charge in [-0.2, -0.15) is 10.1 Å². The molecule has 0 spiro atoms. The van der Waals surface area contributed by atoms with Crippen molar-refractivity contribution in [3.63, 3.8) is 0 Å². The Morgan fingerprint density at radius 2 is 1.81 bits per heavy atom. The van der Waals surface area contributed by atoms with Crippen LogP contribution in [0.25, 0.3) is 11.3 Å². The van der Waals surface area contributed by atoms with Crippen molar-refractivity contribution in [1.82, 2.24) is 5.01 Å². The fourth-order valence-electron chi connectivity index (χ4n) is 5.73. The molecule has 1 saturated heterocycles. The van der Waals surface area contributed by atoms with Gasteiger partial charge in [0.2, 0.25) is 0 Å². The molecule has 2 aromatic rings. The van der Waals surface area contributed by atoms with Crippen LogP contribution in [0.15, 0.2) is 52.0 Å². The normalized spacial score (nSPS) is 31.8. The largest absolute Gasteiger partial charge is 0.497 e. The van der Waals surface area contributed by atoms with Gasteiger partial charge in [-0.05, 0) is 54.4 Å². The summed E-state index contributed by atoms with van der Waals surface area (Å²) in [5.74, 6) is 1.12. The molecule has 4 aliphatic carbocycles. The summed E-state index contributed by atoms with van der Waals surface area (Å²) in [6, 6.07) is 7.65. The molecule has 0 N–H and O–H groups in total. The Labute approximate surface area is 182 Å². The maximum Gasteiger partial charge on any atom is 0.284 e. The number of amides is 2. The SMILES string of the molecule is COc1ccc(-c2ccc(/C=N\N3C(=O)[C@@H]4[C@H]5C=C[C@@H]([C@@H]6C[C@H]56)[C@@H]4C3=O)o2)c([N+](=O)[O-])c1. The van der Waals surface area contributed by atoms with E-state index in [2.05, 4.69) is 17.3 Å². The van der Waals surface area contributed by atoms with E-state index in [9.17, 15) is 19.7 Å². The maximum absolute atomic E-state index is 13.0. The lowest BCUT2D eigenvalue weighted by Gasteiger charge is -2.37. The molecule has 1 aromatic carbocycles. The minimum atomic E-state index is -0.510. The average molecular weight is 433 g/mol. The van der Waals surface area contributed by atoms with Crippen molar-refractivity contribution < 1.29 is 23.7 Å². The minimum Gasteiger partial charge on any atom is -0.497 e. The van der Waals surface area contributed by atoms with Gasteiger partial charge in [0.15, 0.2) is 0 Å². The second kappa shape index (κ2) is 6.62. The zero-order valence-corrected chi connectivity index (χ0v) is 17.1. The third-order valence-corrected chi connectivity index (χ3v) is 7.23. The molecule has 2 bridgehead atoms. The third-order valence-electron chi connectivity index (χ3n) is 7.23. The summed E-state index contributed by atoms with van der Waals surface area (Å²) in [5.41, 5.74) is 0.134. The lowest BCUT2D eigenvalue weighted by atomic mass is 9.63. The summed E-state index contributed by atoms with van der Waals surface area (Å²) >= 11 is 0. The highest BCUT2D eigenvalue weighted by Crippen LogP contribution is 2.65. The van der Waals surface area contributed by atoms with E-state index in [4.69, 9.17) is 9.15 Å². The summed E-state index contributed by atoms with van der Waals surface area (Å²) in [6.45, 7) is 0. The molecular weight excluding hydrogens is 414 g/mol. The predicted molar refractivity (Wildman–Crippen MR) is 111 cm³/mol. The van der Waals surface area contributed by atoms with Crippen LogP contribution in [0.2, 0.25) is 0 Å². The van der Waals surface area contributed by atoms with Gasteiger partial charge >= 0.3 is 0 Å². The van der Waals surface area contributed by atoms with Crippen LogP contribution in [0.1, 0.15) is 12.2 Å². The molecule has 9 nitrogen and oxygen atoms in total. The van der Waals surface area contributed by atoms with E-state index in [0.717, 1.165) is 11.4 Å². The molecule has 162 valence electrons. The number of carbonyl (C=O) groups excluding carboxylic acids is 2. The van der Waals surface area contributed by atoms with Gasteiger partial charge in [0.05, 0.1) is 41.7 Å². The molecular formula is C23H19N3O6.